The highest BCUT2D eigenvalue weighted by Crippen LogP contribution is 2.30. The van der Waals surface area contributed by atoms with Gasteiger partial charge in [-0.05, 0) is 58.6 Å². The second kappa shape index (κ2) is 9.60. The molecule has 1 saturated carbocycles. The van der Waals surface area contributed by atoms with Crippen molar-refractivity contribution in [1.29, 1.82) is 0 Å². The Balaban J connectivity index is 1.61. The summed E-state index contributed by atoms with van der Waals surface area (Å²) in [6.45, 7) is 7.20. The molecule has 34 heavy (non-hydrogen) atoms. The van der Waals surface area contributed by atoms with Crippen molar-refractivity contribution in [3.63, 3.8) is 0 Å². The fraction of sp³-hybridized carbons (Fsp3) is 0.542. The van der Waals surface area contributed by atoms with Gasteiger partial charge in [0.2, 0.25) is 5.75 Å². The van der Waals surface area contributed by atoms with Gasteiger partial charge >= 0.3 is 11.7 Å². The molecule has 0 radical (unpaired) electrons. The molecule has 1 aromatic carbocycles. The van der Waals surface area contributed by atoms with E-state index in [1.54, 1.807) is 4.90 Å². The predicted molar refractivity (Wildman–Crippen MR) is 123 cm³/mol. The molecule has 2 heterocycles. The Hall–Kier alpha value is -3.17. The number of anilines is 1. The summed E-state index contributed by atoms with van der Waals surface area (Å²) < 4.78 is 40.1. The molecular weight excluding hydrogens is 446 g/mol. The summed E-state index contributed by atoms with van der Waals surface area (Å²) in [5.41, 5.74) is -0.667. The van der Waals surface area contributed by atoms with Gasteiger partial charge in [0.1, 0.15) is 22.9 Å². The standard InChI is InChI=1S/C24H30F2N4O4/c1-24(2,3)34-23(32)29-10-8-28(9-11-29)20-15-27-30(18-13-16(25)12-17(26)14-18)22(31)21(20)33-19-6-4-5-7-19/h12-15,19H,4-11H2,1-3H3. The number of benzene rings is 1. The summed E-state index contributed by atoms with van der Waals surface area (Å²) in [7, 11) is 0. The Bertz CT molecular complexity index is 1080. The van der Waals surface area contributed by atoms with Gasteiger partial charge in [0, 0.05) is 32.2 Å². The third-order valence-corrected chi connectivity index (χ3v) is 5.87. The Morgan fingerprint density at radius 1 is 1.03 bits per heavy atom. The number of nitrogens with zero attached hydrogens (tertiary/aromatic N) is 4. The van der Waals surface area contributed by atoms with Gasteiger partial charge in [-0.1, -0.05) is 0 Å². The van der Waals surface area contributed by atoms with Crippen LogP contribution in [0.5, 0.6) is 5.75 Å². The molecule has 2 aromatic rings. The molecule has 184 valence electrons. The zero-order valence-corrected chi connectivity index (χ0v) is 19.7. The molecule has 10 heteroatoms. The van der Waals surface area contributed by atoms with Crippen LogP contribution in [0.2, 0.25) is 0 Å². The van der Waals surface area contributed by atoms with Gasteiger partial charge in [-0.2, -0.15) is 9.78 Å². The minimum Gasteiger partial charge on any atom is -0.483 e. The lowest BCUT2D eigenvalue weighted by molar-refractivity contribution is 0.0240. The van der Waals surface area contributed by atoms with Gasteiger partial charge in [0.25, 0.3) is 0 Å². The van der Waals surface area contributed by atoms with E-state index in [1.807, 2.05) is 25.7 Å². The fourth-order valence-corrected chi connectivity index (χ4v) is 4.24. The molecule has 1 amide bonds. The number of aromatic nitrogens is 2. The predicted octanol–water partition coefficient (Wildman–Crippen LogP) is 3.89. The summed E-state index contributed by atoms with van der Waals surface area (Å²) in [6.07, 6.45) is 4.71. The number of piperazine rings is 1. The number of carbonyl (C=O) groups is 1. The number of ether oxygens (including phenoxy) is 2. The number of carbonyl (C=O) groups excluding carboxylic acids is 1. The van der Waals surface area contributed by atoms with Crippen LogP contribution in [-0.2, 0) is 4.74 Å². The maximum atomic E-state index is 13.8. The molecule has 1 saturated heterocycles. The van der Waals surface area contributed by atoms with E-state index in [9.17, 15) is 18.4 Å². The Kier molecular flexibility index (Phi) is 6.77. The maximum absolute atomic E-state index is 13.8. The molecule has 0 spiro atoms. The summed E-state index contributed by atoms with van der Waals surface area (Å²) in [6, 6.07) is 2.84. The molecule has 2 fully saturated rings. The van der Waals surface area contributed by atoms with Crippen molar-refractivity contribution in [2.24, 2.45) is 0 Å². The Morgan fingerprint density at radius 2 is 1.65 bits per heavy atom. The van der Waals surface area contributed by atoms with E-state index in [4.69, 9.17) is 9.47 Å². The topological polar surface area (TPSA) is 76.9 Å². The average Bonchev–Trinajstić information content (AvgIpc) is 3.26. The first-order valence-corrected chi connectivity index (χ1v) is 11.6. The zero-order chi connectivity index (χ0) is 24.5. The third-order valence-electron chi connectivity index (χ3n) is 5.87. The minimum absolute atomic E-state index is 0.0138. The third kappa shape index (κ3) is 5.48. The summed E-state index contributed by atoms with van der Waals surface area (Å²) in [4.78, 5) is 29.4. The highest BCUT2D eigenvalue weighted by Gasteiger charge is 2.29. The summed E-state index contributed by atoms with van der Waals surface area (Å²) >= 11 is 0. The molecule has 1 aliphatic carbocycles. The van der Waals surface area contributed by atoms with Crippen LogP contribution in [-0.4, -0.2) is 58.7 Å². The second-order valence-corrected chi connectivity index (χ2v) is 9.68. The van der Waals surface area contributed by atoms with Gasteiger partial charge in [0.05, 0.1) is 18.0 Å². The van der Waals surface area contributed by atoms with E-state index in [1.165, 1.54) is 6.20 Å². The number of amides is 1. The minimum atomic E-state index is -0.802. The van der Waals surface area contributed by atoms with Gasteiger partial charge in [-0.25, -0.2) is 13.6 Å². The SMILES string of the molecule is CC(C)(C)OC(=O)N1CCN(c2cnn(-c3cc(F)cc(F)c3)c(=O)c2OC2CCCC2)CC1. The number of rotatable bonds is 4. The fourth-order valence-electron chi connectivity index (χ4n) is 4.24. The van der Waals surface area contributed by atoms with Crippen LogP contribution < -0.4 is 15.2 Å². The van der Waals surface area contributed by atoms with E-state index < -0.39 is 22.8 Å². The van der Waals surface area contributed by atoms with Gasteiger partial charge < -0.3 is 19.3 Å². The molecule has 0 bridgehead atoms. The highest BCUT2D eigenvalue weighted by molar-refractivity contribution is 5.69. The van der Waals surface area contributed by atoms with Crippen LogP contribution in [0.4, 0.5) is 19.3 Å². The van der Waals surface area contributed by atoms with Crippen molar-refractivity contribution in [3.05, 3.63) is 46.4 Å². The smallest absolute Gasteiger partial charge is 0.410 e. The van der Waals surface area contributed by atoms with Crippen LogP contribution >= 0.6 is 0 Å². The monoisotopic (exact) mass is 476 g/mol. The molecule has 0 unspecified atom stereocenters. The van der Waals surface area contributed by atoms with E-state index in [-0.39, 0.29) is 23.6 Å². The summed E-state index contributed by atoms with van der Waals surface area (Å²) in [5, 5.41) is 4.19. The highest BCUT2D eigenvalue weighted by atomic mass is 19.1. The lowest BCUT2D eigenvalue weighted by atomic mass is 10.2. The first-order valence-electron chi connectivity index (χ1n) is 11.6. The largest absolute Gasteiger partial charge is 0.483 e. The summed E-state index contributed by atoms with van der Waals surface area (Å²) in [5.74, 6) is -1.49. The van der Waals surface area contributed by atoms with Crippen LogP contribution in [0, 0.1) is 11.6 Å². The van der Waals surface area contributed by atoms with Crippen LogP contribution in [0.3, 0.4) is 0 Å². The number of hydrogen-bond donors (Lipinski definition) is 0. The van der Waals surface area contributed by atoms with E-state index in [0.29, 0.717) is 31.9 Å². The van der Waals surface area contributed by atoms with Gasteiger partial charge in [-0.3, -0.25) is 4.79 Å². The Morgan fingerprint density at radius 3 is 2.24 bits per heavy atom. The molecular formula is C24H30F2N4O4. The van der Waals surface area contributed by atoms with Gasteiger partial charge in [0.15, 0.2) is 0 Å². The van der Waals surface area contributed by atoms with Gasteiger partial charge in [-0.15, -0.1) is 0 Å². The normalized spacial score (nSPS) is 17.2. The first-order chi connectivity index (χ1) is 16.1. The molecule has 4 rings (SSSR count). The molecule has 0 N–H and O–H groups in total. The van der Waals surface area contributed by atoms with Crippen molar-refractivity contribution < 1.29 is 23.0 Å². The maximum Gasteiger partial charge on any atom is 0.410 e. The van der Waals surface area contributed by atoms with E-state index >= 15 is 0 Å². The molecule has 1 aromatic heterocycles. The van der Waals surface area contributed by atoms with Crippen molar-refractivity contribution in [2.45, 2.75) is 58.2 Å². The van der Waals surface area contributed by atoms with Crippen LogP contribution in [0.1, 0.15) is 46.5 Å². The number of halogens is 2. The van der Waals surface area contributed by atoms with Crippen LogP contribution in [0.25, 0.3) is 5.69 Å². The molecule has 0 atom stereocenters. The van der Waals surface area contributed by atoms with E-state index in [2.05, 4.69) is 5.10 Å². The van der Waals surface area contributed by atoms with Crippen molar-refractivity contribution >= 4 is 11.8 Å². The van der Waals surface area contributed by atoms with Crippen molar-refractivity contribution in [1.82, 2.24) is 14.7 Å². The second-order valence-electron chi connectivity index (χ2n) is 9.68. The molecule has 1 aliphatic heterocycles. The zero-order valence-electron chi connectivity index (χ0n) is 19.7. The lowest BCUT2D eigenvalue weighted by Crippen LogP contribution is -2.50. The molecule has 8 nitrogen and oxygen atoms in total. The number of hydrogen-bond acceptors (Lipinski definition) is 6. The Labute approximate surface area is 197 Å². The first kappa shape index (κ1) is 24.0. The molecule has 2 aliphatic rings. The average molecular weight is 477 g/mol. The quantitative estimate of drug-likeness (QED) is 0.667. The lowest BCUT2D eigenvalue weighted by Gasteiger charge is -2.37. The van der Waals surface area contributed by atoms with Crippen molar-refractivity contribution in [3.8, 4) is 11.4 Å². The van der Waals surface area contributed by atoms with E-state index in [0.717, 1.165) is 48.6 Å². The van der Waals surface area contributed by atoms with Crippen LogP contribution in [0.15, 0.2) is 29.2 Å². The van der Waals surface area contributed by atoms with Crippen molar-refractivity contribution in [2.75, 3.05) is 31.1 Å².